The molecule has 0 spiro atoms. The standard InChI is InChI=1S/C9H8N4O2/c1-12-3-2-5-7(12)11-9-10-6(14)4-13(9)8(5)15/h2-3H,4H2,1H3,(H,10,11,14). The van der Waals surface area contributed by atoms with E-state index in [2.05, 4.69) is 10.3 Å². The highest BCUT2D eigenvalue weighted by Crippen LogP contribution is 2.14. The van der Waals surface area contributed by atoms with Crippen LogP contribution < -0.4 is 10.9 Å². The van der Waals surface area contributed by atoms with Crippen molar-refractivity contribution in [2.24, 2.45) is 7.05 Å². The van der Waals surface area contributed by atoms with Gasteiger partial charge in [-0.3, -0.25) is 19.5 Å². The SMILES string of the molecule is Cn1ccc2c(=O)n3c(nc21)NC(=O)C3. The molecule has 1 amide bonds. The maximum absolute atomic E-state index is 11.9. The fraction of sp³-hybridized carbons (Fsp3) is 0.222. The van der Waals surface area contributed by atoms with Crippen molar-refractivity contribution in [3.63, 3.8) is 0 Å². The first kappa shape index (κ1) is 8.22. The van der Waals surface area contributed by atoms with Crippen LogP contribution >= 0.6 is 0 Å². The monoisotopic (exact) mass is 204 g/mol. The number of carbonyl (C=O) groups excluding carboxylic acids is 1. The summed E-state index contributed by atoms with van der Waals surface area (Å²) < 4.78 is 3.10. The van der Waals surface area contributed by atoms with E-state index in [4.69, 9.17) is 0 Å². The van der Waals surface area contributed by atoms with Crippen LogP contribution in [0.2, 0.25) is 0 Å². The number of hydrogen-bond donors (Lipinski definition) is 1. The highest BCUT2D eigenvalue weighted by molar-refractivity contribution is 5.93. The number of anilines is 1. The highest BCUT2D eigenvalue weighted by Gasteiger charge is 2.22. The van der Waals surface area contributed by atoms with Crippen LogP contribution in [0.15, 0.2) is 17.1 Å². The second kappa shape index (κ2) is 2.47. The van der Waals surface area contributed by atoms with Crippen LogP contribution in [0.5, 0.6) is 0 Å². The molecule has 0 saturated heterocycles. The zero-order valence-electron chi connectivity index (χ0n) is 8.02. The summed E-state index contributed by atoms with van der Waals surface area (Å²) in [5.41, 5.74) is 0.419. The molecule has 0 aromatic carbocycles. The van der Waals surface area contributed by atoms with Gasteiger partial charge in [0.05, 0.1) is 5.39 Å². The molecule has 1 N–H and O–H groups in total. The molecule has 76 valence electrons. The van der Waals surface area contributed by atoms with Crippen LogP contribution in [-0.4, -0.2) is 20.0 Å². The van der Waals surface area contributed by atoms with Crippen molar-refractivity contribution in [1.29, 1.82) is 0 Å². The molecule has 6 nitrogen and oxygen atoms in total. The summed E-state index contributed by atoms with van der Waals surface area (Å²) in [6, 6.07) is 1.71. The Hall–Kier alpha value is -2.11. The van der Waals surface area contributed by atoms with Crippen molar-refractivity contribution in [3.8, 4) is 0 Å². The summed E-state index contributed by atoms with van der Waals surface area (Å²) in [7, 11) is 1.81. The Bertz CT molecular complexity index is 637. The number of aryl methyl sites for hydroxylation is 1. The van der Waals surface area contributed by atoms with Crippen LogP contribution in [0.4, 0.5) is 5.95 Å². The maximum atomic E-state index is 11.9. The molecule has 3 rings (SSSR count). The van der Waals surface area contributed by atoms with Crippen molar-refractivity contribution in [1.82, 2.24) is 14.1 Å². The van der Waals surface area contributed by atoms with Gasteiger partial charge in [0.15, 0.2) is 0 Å². The van der Waals surface area contributed by atoms with Gasteiger partial charge in [-0.2, -0.15) is 4.98 Å². The Kier molecular flexibility index (Phi) is 1.35. The third-order valence-electron chi connectivity index (χ3n) is 2.54. The van der Waals surface area contributed by atoms with Gasteiger partial charge < -0.3 is 4.57 Å². The molecule has 1 aliphatic heterocycles. The number of nitrogens with one attached hydrogen (secondary N) is 1. The Morgan fingerprint density at radius 1 is 1.47 bits per heavy atom. The van der Waals surface area contributed by atoms with Crippen LogP contribution in [0.25, 0.3) is 11.0 Å². The minimum atomic E-state index is -0.199. The fourth-order valence-corrected chi connectivity index (χ4v) is 1.78. The van der Waals surface area contributed by atoms with E-state index >= 15 is 0 Å². The summed E-state index contributed by atoms with van der Waals surface area (Å²) >= 11 is 0. The molecular weight excluding hydrogens is 196 g/mol. The van der Waals surface area contributed by atoms with Crippen LogP contribution in [-0.2, 0) is 18.4 Å². The third kappa shape index (κ3) is 0.955. The summed E-state index contributed by atoms with van der Waals surface area (Å²) in [6.45, 7) is 0.0615. The average molecular weight is 204 g/mol. The first-order valence-corrected chi connectivity index (χ1v) is 4.52. The normalized spacial score (nSPS) is 14.3. The number of aromatic nitrogens is 3. The molecule has 2 aromatic heterocycles. The molecule has 0 unspecified atom stereocenters. The van der Waals surface area contributed by atoms with Crippen molar-refractivity contribution in [2.45, 2.75) is 6.54 Å². The summed E-state index contributed by atoms with van der Waals surface area (Å²) in [5, 5.41) is 3.09. The van der Waals surface area contributed by atoms with Gasteiger partial charge in [-0.05, 0) is 6.07 Å². The molecule has 0 fully saturated rings. The van der Waals surface area contributed by atoms with Gasteiger partial charge in [-0.25, -0.2) is 0 Å². The highest BCUT2D eigenvalue weighted by atomic mass is 16.2. The first-order valence-electron chi connectivity index (χ1n) is 4.52. The molecular formula is C9H8N4O2. The van der Waals surface area contributed by atoms with Gasteiger partial charge >= 0.3 is 0 Å². The Morgan fingerprint density at radius 3 is 3.07 bits per heavy atom. The minimum absolute atomic E-state index is 0.0615. The Balaban J connectivity index is 2.46. The molecule has 0 atom stereocenters. The van der Waals surface area contributed by atoms with Crippen LogP contribution in [0.3, 0.4) is 0 Å². The Labute approximate surface area is 84.1 Å². The van der Waals surface area contributed by atoms with E-state index in [1.54, 1.807) is 16.8 Å². The van der Waals surface area contributed by atoms with Gasteiger partial charge in [0.1, 0.15) is 12.2 Å². The van der Waals surface area contributed by atoms with E-state index in [0.29, 0.717) is 17.0 Å². The molecule has 0 bridgehead atoms. The number of amides is 1. The zero-order valence-corrected chi connectivity index (χ0v) is 8.02. The maximum Gasteiger partial charge on any atom is 0.264 e. The topological polar surface area (TPSA) is 68.9 Å². The molecule has 15 heavy (non-hydrogen) atoms. The number of hydrogen-bond acceptors (Lipinski definition) is 3. The van der Waals surface area contributed by atoms with Gasteiger partial charge in [0.25, 0.3) is 5.56 Å². The average Bonchev–Trinajstić information content (AvgIpc) is 2.72. The fourth-order valence-electron chi connectivity index (χ4n) is 1.78. The van der Waals surface area contributed by atoms with Gasteiger partial charge in [0, 0.05) is 13.2 Å². The number of fused-ring (bicyclic) bond motifs is 2. The second-order valence-electron chi connectivity index (χ2n) is 3.54. The summed E-state index contributed by atoms with van der Waals surface area (Å²) in [4.78, 5) is 27.2. The van der Waals surface area contributed by atoms with E-state index in [9.17, 15) is 9.59 Å². The molecule has 3 heterocycles. The quantitative estimate of drug-likeness (QED) is 0.639. The lowest BCUT2D eigenvalue weighted by atomic mass is 10.4. The number of rotatable bonds is 0. The molecule has 6 heteroatoms. The second-order valence-corrected chi connectivity index (χ2v) is 3.54. The molecule has 1 aliphatic rings. The van der Waals surface area contributed by atoms with Gasteiger partial charge in [-0.1, -0.05) is 0 Å². The lowest BCUT2D eigenvalue weighted by Gasteiger charge is -2.01. The molecule has 0 saturated carbocycles. The van der Waals surface area contributed by atoms with Crippen molar-refractivity contribution in [3.05, 3.63) is 22.6 Å². The third-order valence-corrected chi connectivity index (χ3v) is 2.54. The zero-order chi connectivity index (χ0) is 10.6. The van der Waals surface area contributed by atoms with Crippen LogP contribution in [0, 0.1) is 0 Å². The molecule has 0 aliphatic carbocycles. The molecule has 2 aromatic rings. The first-order chi connectivity index (χ1) is 7.16. The smallest absolute Gasteiger partial charge is 0.264 e. The lowest BCUT2D eigenvalue weighted by Crippen LogP contribution is -2.19. The van der Waals surface area contributed by atoms with Crippen molar-refractivity contribution in [2.75, 3.05) is 5.32 Å². The van der Waals surface area contributed by atoms with Crippen molar-refractivity contribution < 1.29 is 4.79 Å². The predicted molar refractivity (Wildman–Crippen MR) is 53.6 cm³/mol. The van der Waals surface area contributed by atoms with Crippen LogP contribution in [0.1, 0.15) is 0 Å². The predicted octanol–water partition coefficient (Wildman–Crippen LogP) is -0.313. The largest absolute Gasteiger partial charge is 0.335 e. The van der Waals surface area contributed by atoms with Gasteiger partial charge in [-0.15, -0.1) is 0 Å². The van der Waals surface area contributed by atoms with E-state index in [0.717, 1.165) is 0 Å². The van der Waals surface area contributed by atoms with E-state index in [-0.39, 0.29) is 18.0 Å². The van der Waals surface area contributed by atoms with E-state index in [1.165, 1.54) is 4.57 Å². The van der Waals surface area contributed by atoms with Gasteiger partial charge in [0.2, 0.25) is 11.9 Å². The van der Waals surface area contributed by atoms with E-state index in [1.807, 2.05) is 7.05 Å². The summed E-state index contributed by atoms with van der Waals surface area (Å²) in [6.07, 6.45) is 1.77. The lowest BCUT2D eigenvalue weighted by molar-refractivity contribution is -0.115. The summed E-state index contributed by atoms with van der Waals surface area (Å²) in [5.74, 6) is 0.134. The Morgan fingerprint density at radius 2 is 2.27 bits per heavy atom. The molecule has 0 radical (unpaired) electrons. The number of nitrogens with zero attached hydrogens (tertiary/aromatic N) is 3. The van der Waals surface area contributed by atoms with Crippen molar-refractivity contribution >= 4 is 22.9 Å². The van der Waals surface area contributed by atoms with E-state index < -0.39 is 0 Å². The number of carbonyl (C=O) groups is 1. The minimum Gasteiger partial charge on any atom is -0.335 e.